The van der Waals surface area contributed by atoms with Gasteiger partial charge in [0.15, 0.2) is 0 Å². The van der Waals surface area contributed by atoms with Gasteiger partial charge in [0.1, 0.15) is 5.75 Å². The third-order valence-electron chi connectivity index (χ3n) is 2.69. The van der Waals surface area contributed by atoms with Gasteiger partial charge < -0.3 is 4.74 Å². The van der Waals surface area contributed by atoms with Crippen LogP contribution in [-0.2, 0) is 0 Å². The number of benzene rings is 1. The highest BCUT2D eigenvalue weighted by Gasteiger charge is 2.06. The van der Waals surface area contributed by atoms with Crippen molar-refractivity contribution in [1.82, 2.24) is 4.98 Å². The number of ether oxygens (including phenoxy) is 1. The van der Waals surface area contributed by atoms with Crippen molar-refractivity contribution in [3.63, 3.8) is 0 Å². The van der Waals surface area contributed by atoms with Crippen LogP contribution in [0.3, 0.4) is 0 Å². The zero-order chi connectivity index (χ0) is 14.0. The third-order valence-corrected chi connectivity index (χ3v) is 3.94. The molecule has 0 radical (unpaired) electrons. The number of aromatic nitrogens is 1. The normalized spacial score (nSPS) is 10.1. The van der Waals surface area contributed by atoms with Gasteiger partial charge in [-0.05, 0) is 50.1 Å². The van der Waals surface area contributed by atoms with Crippen molar-refractivity contribution in [1.29, 1.82) is 5.26 Å². The highest BCUT2D eigenvalue weighted by Crippen LogP contribution is 2.29. The summed E-state index contributed by atoms with van der Waals surface area (Å²) in [7, 11) is 0. The Bertz CT molecular complexity index is 651. The van der Waals surface area contributed by atoms with Gasteiger partial charge in [0.05, 0.1) is 11.6 Å². The van der Waals surface area contributed by atoms with E-state index in [1.807, 2.05) is 32.9 Å². The molecule has 3 nitrogen and oxygen atoms in total. The molecular weight excluding hydrogens is 304 g/mol. The second kappa shape index (κ2) is 5.41. The SMILES string of the molecule is Cc1cc(C#N)cc(Oc2cc(C)c(Br)c(C)c2)n1. The molecule has 0 saturated carbocycles. The Balaban J connectivity index is 2.36. The predicted molar refractivity (Wildman–Crippen MR) is 77.4 cm³/mol. The molecule has 0 atom stereocenters. The molecule has 1 aromatic heterocycles. The molecule has 0 N–H and O–H groups in total. The summed E-state index contributed by atoms with van der Waals surface area (Å²) in [5.41, 5.74) is 3.51. The summed E-state index contributed by atoms with van der Waals surface area (Å²) in [6.45, 7) is 5.86. The fraction of sp³-hybridized carbons (Fsp3) is 0.200. The van der Waals surface area contributed by atoms with E-state index in [0.717, 1.165) is 27.0 Å². The topological polar surface area (TPSA) is 45.9 Å². The molecule has 96 valence electrons. The molecule has 0 bridgehead atoms. The highest BCUT2D eigenvalue weighted by molar-refractivity contribution is 9.10. The lowest BCUT2D eigenvalue weighted by Crippen LogP contribution is -1.93. The van der Waals surface area contributed by atoms with Gasteiger partial charge in [0, 0.05) is 16.2 Å². The lowest BCUT2D eigenvalue weighted by Gasteiger charge is -2.09. The fourth-order valence-electron chi connectivity index (χ4n) is 1.84. The number of aryl methyl sites for hydroxylation is 3. The van der Waals surface area contributed by atoms with Gasteiger partial charge in [-0.3, -0.25) is 0 Å². The molecule has 0 fully saturated rings. The Morgan fingerprint density at radius 2 is 1.74 bits per heavy atom. The Morgan fingerprint density at radius 3 is 2.32 bits per heavy atom. The molecule has 2 rings (SSSR count). The van der Waals surface area contributed by atoms with Crippen LogP contribution in [0.5, 0.6) is 11.6 Å². The van der Waals surface area contributed by atoms with Gasteiger partial charge in [-0.25, -0.2) is 4.98 Å². The standard InChI is InChI=1S/C15H13BrN2O/c1-9-4-13(5-10(2)15(9)16)19-14-7-12(8-17)6-11(3)18-14/h4-7H,1-3H3. The van der Waals surface area contributed by atoms with Gasteiger partial charge in [-0.15, -0.1) is 0 Å². The maximum Gasteiger partial charge on any atom is 0.220 e. The molecule has 2 aromatic rings. The Morgan fingerprint density at radius 1 is 1.11 bits per heavy atom. The minimum Gasteiger partial charge on any atom is -0.439 e. The predicted octanol–water partition coefficient (Wildman–Crippen LogP) is 4.43. The Labute approximate surface area is 121 Å². The maximum absolute atomic E-state index is 8.94. The molecule has 0 aliphatic heterocycles. The average Bonchev–Trinajstić information content (AvgIpc) is 2.35. The molecule has 1 aromatic carbocycles. The van der Waals surface area contributed by atoms with Crippen molar-refractivity contribution >= 4 is 15.9 Å². The first-order valence-electron chi connectivity index (χ1n) is 5.83. The van der Waals surface area contributed by atoms with Crippen molar-refractivity contribution < 1.29 is 4.74 Å². The number of nitrogens with zero attached hydrogens (tertiary/aromatic N) is 2. The zero-order valence-electron chi connectivity index (χ0n) is 11.0. The monoisotopic (exact) mass is 316 g/mol. The van der Waals surface area contributed by atoms with Gasteiger partial charge in [0.2, 0.25) is 5.88 Å². The van der Waals surface area contributed by atoms with E-state index >= 15 is 0 Å². The number of rotatable bonds is 2. The quantitative estimate of drug-likeness (QED) is 0.823. The smallest absolute Gasteiger partial charge is 0.220 e. The number of hydrogen-bond donors (Lipinski definition) is 0. The number of pyridine rings is 1. The van der Waals surface area contributed by atoms with E-state index in [1.165, 1.54) is 0 Å². The van der Waals surface area contributed by atoms with Crippen molar-refractivity contribution in [3.05, 3.63) is 51.1 Å². The van der Waals surface area contributed by atoms with Gasteiger partial charge in [0.25, 0.3) is 0 Å². The van der Waals surface area contributed by atoms with Crippen molar-refractivity contribution in [3.8, 4) is 17.7 Å². The summed E-state index contributed by atoms with van der Waals surface area (Å²) in [4.78, 5) is 4.27. The first-order chi connectivity index (χ1) is 8.99. The number of hydrogen-bond acceptors (Lipinski definition) is 3. The van der Waals surface area contributed by atoms with Crippen LogP contribution in [0, 0.1) is 32.1 Å². The van der Waals surface area contributed by atoms with Gasteiger partial charge >= 0.3 is 0 Å². The number of nitriles is 1. The summed E-state index contributed by atoms with van der Waals surface area (Å²) < 4.78 is 6.81. The van der Waals surface area contributed by atoms with E-state index in [4.69, 9.17) is 10.00 Å². The van der Waals surface area contributed by atoms with Crippen LogP contribution in [0.25, 0.3) is 0 Å². The van der Waals surface area contributed by atoms with Crippen molar-refractivity contribution in [2.75, 3.05) is 0 Å². The summed E-state index contributed by atoms with van der Waals surface area (Å²) in [5.74, 6) is 1.16. The second-order valence-corrected chi connectivity index (χ2v) is 5.21. The Kier molecular flexibility index (Phi) is 3.87. The van der Waals surface area contributed by atoms with Crippen LogP contribution < -0.4 is 4.74 Å². The molecule has 4 heteroatoms. The third kappa shape index (κ3) is 3.12. The van der Waals surface area contributed by atoms with E-state index < -0.39 is 0 Å². The fourth-order valence-corrected chi connectivity index (χ4v) is 2.07. The van der Waals surface area contributed by atoms with Crippen LogP contribution in [-0.4, -0.2) is 4.98 Å². The van der Waals surface area contributed by atoms with Crippen LogP contribution >= 0.6 is 15.9 Å². The van der Waals surface area contributed by atoms with E-state index in [9.17, 15) is 0 Å². The highest BCUT2D eigenvalue weighted by atomic mass is 79.9. The van der Waals surface area contributed by atoms with Crippen LogP contribution in [0.1, 0.15) is 22.4 Å². The van der Waals surface area contributed by atoms with Crippen LogP contribution in [0.2, 0.25) is 0 Å². The lowest BCUT2D eigenvalue weighted by molar-refractivity contribution is 0.460. The minimum absolute atomic E-state index is 0.442. The van der Waals surface area contributed by atoms with E-state index in [0.29, 0.717) is 11.4 Å². The number of halogens is 1. The summed E-state index contributed by atoms with van der Waals surface area (Å²) in [6, 6.07) is 9.34. The van der Waals surface area contributed by atoms with Crippen LogP contribution in [0.15, 0.2) is 28.7 Å². The van der Waals surface area contributed by atoms with Crippen LogP contribution in [0.4, 0.5) is 0 Å². The maximum atomic E-state index is 8.94. The molecule has 0 aliphatic carbocycles. The molecule has 1 heterocycles. The summed E-state index contributed by atoms with van der Waals surface area (Å²) in [5, 5.41) is 8.94. The van der Waals surface area contributed by atoms with Gasteiger partial charge in [-0.2, -0.15) is 5.26 Å². The lowest BCUT2D eigenvalue weighted by atomic mass is 10.1. The second-order valence-electron chi connectivity index (χ2n) is 4.42. The summed E-state index contributed by atoms with van der Waals surface area (Å²) >= 11 is 3.52. The van der Waals surface area contributed by atoms with E-state index in [-0.39, 0.29) is 0 Å². The summed E-state index contributed by atoms with van der Waals surface area (Å²) in [6.07, 6.45) is 0. The minimum atomic E-state index is 0.442. The first kappa shape index (κ1) is 13.6. The molecule has 19 heavy (non-hydrogen) atoms. The van der Waals surface area contributed by atoms with Crippen molar-refractivity contribution in [2.45, 2.75) is 20.8 Å². The molecule has 0 amide bonds. The van der Waals surface area contributed by atoms with Gasteiger partial charge in [-0.1, -0.05) is 15.9 Å². The van der Waals surface area contributed by atoms with E-state index in [2.05, 4.69) is 27.0 Å². The molecule has 0 unspecified atom stereocenters. The molecule has 0 spiro atoms. The van der Waals surface area contributed by atoms with Crippen molar-refractivity contribution in [2.24, 2.45) is 0 Å². The molecule has 0 saturated heterocycles. The Hall–Kier alpha value is -1.86. The zero-order valence-corrected chi connectivity index (χ0v) is 12.6. The largest absolute Gasteiger partial charge is 0.439 e. The van der Waals surface area contributed by atoms with E-state index in [1.54, 1.807) is 12.1 Å². The molecular formula is C15H13BrN2O. The molecule has 0 aliphatic rings. The first-order valence-corrected chi connectivity index (χ1v) is 6.62. The average molecular weight is 317 g/mol.